The molecule has 2 aromatic rings. The Labute approximate surface area is 150 Å². The molecule has 6 nitrogen and oxygen atoms in total. The molecule has 1 aromatic heterocycles. The highest BCUT2D eigenvalue weighted by atomic mass is 32.1. The van der Waals surface area contributed by atoms with E-state index in [0.717, 1.165) is 36.0 Å². The van der Waals surface area contributed by atoms with Gasteiger partial charge in [-0.05, 0) is 63.2 Å². The van der Waals surface area contributed by atoms with Crippen LogP contribution in [0.15, 0.2) is 24.3 Å². The molecule has 0 unspecified atom stereocenters. The molecule has 0 saturated carbocycles. The molecule has 0 radical (unpaired) electrons. The number of hydrogen-bond donors (Lipinski definition) is 1. The maximum atomic E-state index is 12.8. The van der Waals surface area contributed by atoms with Gasteiger partial charge in [0.25, 0.3) is 11.6 Å². The number of non-ortho nitro benzene ring substituents is 1. The summed E-state index contributed by atoms with van der Waals surface area (Å²) < 4.78 is 0.771. The van der Waals surface area contributed by atoms with Gasteiger partial charge >= 0.3 is 0 Å². The van der Waals surface area contributed by atoms with E-state index in [9.17, 15) is 14.9 Å². The van der Waals surface area contributed by atoms with Crippen molar-refractivity contribution in [1.82, 2.24) is 10.2 Å². The molecule has 0 spiro atoms. The zero-order valence-corrected chi connectivity index (χ0v) is 15.1. The first-order chi connectivity index (χ1) is 11.9. The van der Waals surface area contributed by atoms with E-state index in [0.29, 0.717) is 10.8 Å². The maximum Gasteiger partial charge on any atom is 0.270 e. The van der Waals surface area contributed by atoms with Gasteiger partial charge in [-0.25, -0.2) is 0 Å². The van der Waals surface area contributed by atoms with Crippen LogP contribution in [0.1, 0.15) is 36.4 Å². The number of nitrogens with zero attached hydrogens (tertiary/aromatic N) is 2. The average Bonchev–Trinajstić information content (AvgIpc) is 3.01. The second-order valence-electron chi connectivity index (χ2n) is 7.52. The number of amides is 1. The van der Waals surface area contributed by atoms with Gasteiger partial charge in [0, 0.05) is 28.4 Å². The molecule has 5 rings (SSSR count). The molecule has 1 amide bonds. The second-order valence-corrected chi connectivity index (χ2v) is 8.60. The van der Waals surface area contributed by atoms with Crippen molar-refractivity contribution in [3.8, 4) is 0 Å². The third kappa shape index (κ3) is 2.71. The Bertz CT molecular complexity index is 852. The summed E-state index contributed by atoms with van der Waals surface area (Å²) >= 11 is 1.32. The SMILES string of the molecule is CC1(C)[C@H](NC(=O)c2cc3ccc([N+](=O)[O-])cc3s2)C2CCN1CC2. The van der Waals surface area contributed by atoms with Crippen molar-refractivity contribution in [2.75, 3.05) is 13.1 Å². The lowest BCUT2D eigenvalue weighted by Gasteiger charge is -2.56. The van der Waals surface area contributed by atoms with Crippen LogP contribution < -0.4 is 5.32 Å². The Morgan fingerprint density at radius 1 is 1.32 bits per heavy atom. The van der Waals surface area contributed by atoms with Crippen LogP contribution in [0.2, 0.25) is 0 Å². The molecule has 3 saturated heterocycles. The summed E-state index contributed by atoms with van der Waals surface area (Å²) in [6, 6.07) is 6.69. The lowest BCUT2D eigenvalue weighted by molar-refractivity contribution is -0.384. The second kappa shape index (κ2) is 5.78. The Morgan fingerprint density at radius 3 is 2.68 bits per heavy atom. The van der Waals surface area contributed by atoms with Gasteiger partial charge in [-0.3, -0.25) is 19.8 Å². The predicted octanol–water partition coefficient (Wildman–Crippen LogP) is 3.41. The van der Waals surface area contributed by atoms with E-state index in [2.05, 4.69) is 24.1 Å². The Kier molecular flexibility index (Phi) is 3.81. The van der Waals surface area contributed by atoms with Crippen LogP contribution >= 0.6 is 11.3 Å². The van der Waals surface area contributed by atoms with Gasteiger partial charge in [-0.1, -0.05) is 0 Å². The summed E-state index contributed by atoms with van der Waals surface area (Å²) in [6.07, 6.45) is 2.26. The number of hydrogen-bond acceptors (Lipinski definition) is 5. The van der Waals surface area contributed by atoms with E-state index in [1.807, 2.05) is 6.07 Å². The Hall–Kier alpha value is -1.99. The third-order valence-electron chi connectivity index (χ3n) is 5.81. The molecule has 1 aromatic carbocycles. The summed E-state index contributed by atoms with van der Waals surface area (Å²) in [7, 11) is 0. The van der Waals surface area contributed by atoms with Gasteiger partial charge in [0.05, 0.1) is 9.80 Å². The zero-order valence-electron chi connectivity index (χ0n) is 14.3. The number of nitrogens with one attached hydrogen (secondary N) is 1. The number of carbonyl (C=O) groups excluding carboxylic acids is 1. The summed E-state index contributed by atoms with van der Waals surface area (Å²) in [6.45, 7) is 6.63. The number of nitro groups is 1. The van der Waals surface area contributed by atoms with Gasteiger partial charge < -0.3 is 5.32 Å². The quantitative estimate of drug-likeness (QED) is 0.673. The number of fused-ring (bicyclic) bond motifs is 4. The molecule has 0 aliphatic carbocycles. The van der Waals surface area contributed by atoms with Crippen molar-refractivity contribution in [3.63, 3.8) is 0 Å². The van der Waals surface area contributed by atoms with Gasteiger partial charge in [0.15, 0.2) is 0 Å². The molecule has 132 valence electrons. The molecule has 4 heterocycles. The summed E-state index contributed by atoms with van der Waals surface area (Å²) in [5.41, 5.74) is 0.0200. The van der Waals surface area contributed by atoms with Crippen LogP contribution in [0.3, 0.4) is 0 Å². The van der Waals surface area contributed by atoms with E-state index < -0.39 is 4.92 Å². The normalized spacial score (nSPS) is 27.4. The van der Waals surface area contributed by atoms with Gasteiger partial charge in [0.2, 0.25) is 0 Å². The Morgan fingerprint density at radius 2 is 2.04 bits per heavy atom. The van der Waals surface area contributed by atoms with Crippen LogP contribution in [0.4, 0.5) is 5.69 Å². The smallest absolute Gasteiger partial charge is 0.270 e. The van der Waals surface area contributed by atoms with Crippen LogP contribution in [-0.2, 0) is 0 Å². The monoisotopic (exact) mass is 359 g/mol. The number of thiophene rings is 1. The predicted molar refractivity (Wildman–Crippen MR) is 98.1 cm³/mol. The molecule has 3 aliphatic heterocycles. The first kappa shape index (κ1) is 16.5. The lowest BCUT2D eigenvalue weighted by atomic mass is 9.72. The van der Waals surface area contributed by atoms with E-state index in [4.69, 9.17) is 0 Å². The first-order valence-corrected chi connectivity index (χ1v) is 9.42. The van der Waals surface area contributed by atoms with Crippen molar-refractivity contribution >= 4 is 33.0 Å². The van der Waals surface area contributed by atoms with Crippen molar-refractivity contribution < 1.29 is 9.72 Å². The minimum atomic E-state index is -0.408. The third-order valence-corrected chi connectivity index (χ3v) is 6.91. The van der Waals surface area contributed by atoms with E-state index >= 15 is 0 Å². The largest absolute Gasteiger partial charge is 0.346 e. The molecule has 3 aliphatic rings. The van der Waals surface area contributed by atoms with Gasteiger partial charge in [-0.2, -0.15) is 0 Å². The van der Waals surface area contributed by atoms with Crippen molar-refractivity contribution in [2.24, 2.45) is 5.92 Å². The molecular formula is C18H21N3O3S. The highest BCUT2D eigenvalue weighted by molar-refractivity contribution is 7.20. The molecule has 1 N–H and O–H groups in total. The van der Waals surface area contributed by atoms with Crippen molar-refractivity contribution in [3.05, 3.63) is 39.3 Å². The van der Waals surface area contributed by atoms with E-state index in [1.54, 1.807) is 6.07 Å². The standard InChI is InChI=1S/C18H21N3O3S/c1-18(2)16(11-5-7-20(18)8-6-11)19-17(22)15-9-12-3-4-13(21(23)24)10-14(12)25-15/h3-4,9-11,16H,5-8H2,1-2H3,(H,19,22)/t16-/m1/s1. The fraction of sp³-hybridized carbons (Fsp3) is 0.500. The van der Waals surface area contributed by atoms with Crippen LogP contribution in [-0.4, -0.2) is 40.4 Å². The van der Waals surface area contributed by atoms with Crippen molar-refractivity contribution in [2.45, 2.75) is 38.3 Å². The fourth-order valence-electron chi connectivity index (χ4n) is 4.33. The topological polar surface area (TPSA) is 75.5 Å². The summed E-state index contributed by atoms with van der Waals surface area (Å²) in [5.74, 6) is 0.454. The molecular weight excluding hydrogens is 338 g/mol. The minimum Gasteiger partial charge on any atom is -0.346 e. The number of carbonyl (C=O) groups is 1. The number of benzene rings is 1. The fourth-order valence-corrected chi connectivity index (χ4v) is 5.33. The van der Waals surface area contributed by atoms with Crippen LogP contribution in [0.5, 0.6) is 0 Å². The summed E-state index contributed by atoms with van der Waals surface area (Å²) in [4.78, 5) is 26.4. The number of rotatable bonds is 3. The van der Waals surface area contributed by atoms with E-state index in [-0.39, 0.29) is 23.2 Å². The minimum absolute atomic E-state index is 0.0354. The van der Waals surface area contributed by atoms with Crippen LogP contribution in [0, 0.1) is 16.0 Å². The maximum absolute atomic E-state index is 12.8. The lowest BCUT2D eigenvalue weighted by Crippen LogP contribution is -2.69. The number of piperidine rings is 3. The Balaban J connectivity index is 1.59. The zero-order chi connectivity index (χ0) is 17.8. The highest BCUT2D eigenvalue weighted by Crippen LogP contribution is 2.39. The van der Waals surface area contributed by atoms with Gasteiger partial charge in [0.1, 0.15) is 0 Å². The molecule has 7 heteroatoms. The molecule has 25 heavy (non-hydrogen) atoms. The first-order valence-electron chi connectivity index (χ1n) is 8.60. The van der Waals surface area contributed by atoms with E-state index in [1.165, 1.54) is 23.5 Å². The molecule has 1 atom stereocenters. The highest BCUT2D eigenvalue weighted by Gasteiger charge is 2.48. The molecule has 2 bridgehead atoms. The summed E-state index contributed by atoms with van der Waals surface area (Å²) in [5, 5.41) is 15.0. The van der Waals surface area contributed by atoms with Crippen molar-refractivity contribution in [1.29, 1.82) is 0 Å². The molecule has 3 fully saturated rings. The van der Waals surface area contributed by atoms with Crippen LogP contribution in [0.25, 0.3) is 10.1 Å². The van der Waals surface area contributed by atoms with Gasteiger partial charge in [-0.15, -0.1) is 11.3 Å². The average molecular weight is 359 g/mol. The number of nitro benzene ring substituents is 1.